The molecular formula is C11H19ClN2O. The first-order valence-electron chi connectivity index (χ1n) is 5.42. The summed E-state index contributed by atoms with van der Waals surface area (Å²) in [5.41, 5.74) is 0. The van der Waals surface area contributed by atoms with Crippen LogP contribution in [0.1, 0.15) is 45.5 Å². The van der Waals surface area contributed by atoms with Crippen molar-refractivity contribution in [3.05, 3.63) is 11.0 Å². The minimum absolute atomic E-state index is 0.326. The van der Waals surface area contributed by atoms with Crippen molar-refractivity contribution in [1.82, 2.24) is 9.55 Å². The highest BCUT2D eigenvalue weighted by Gasteiger charge is 2.17. The zero-order valence-corrected chi connectivity index (χ0v) is 10.6. The number of halogens is 1. The van der Waals surface area contributed by atoms with E-state index in [1.54, 1.807) is 7.11 Å². The molecule has 1 heterocycles. The number of hydrogen-bond donors (Lipinski definition) is 0. The van der Waals surface area contributed by atoms with Crippen molar-refractivity contribution in [2.75, 3.05) is 7.11 Å². The molecule has 0 N–H and O–H groups in total. The fourth-order valence-electron chi connectivity index (χ4n) is 1.66. The van der Waals surface area contributed by atoms with E-state index in [1.165, 1.54) is 0 Å². The maximum absolute atomic E-state index is 6.02. The Hall–Kier alpha value is -0.700. The fourth-order valence-corrected chi connectivity index (χ4v) is 1.92. The molecule has 1 rings (SSSR count). The minimum atomic E-state index is 0.326. The van der Waals surface area contributed by atoms with Crippen LogP contribution in [0, 0.1) is 0 Å². The second-order valence-corrected chi connectivity index (χ2v) is 4.25. The summed E-state index contributed by atoms with van der Waals surface area (Å²) < 4.78 is 7.33. The van der Waals surface area contributed by atoms with Gasteiger partial charge in [-0.25, -0.2) is 4.98 Å². The summed E-state index contributed by atoms with van der Waals surface area (Å²) >= 11 is 6.02. The van der Waals surface area contributed by atoms with E-state index in [0.29, 0.717) is 17.1 Å². The summed E-state index contributed by atoms with van der Waals surface area (Å²) in [5, 5.41) is 0.470. The molecule has 0 aromatic carbocycles. The lowest BCUT2D eigenvalue weighted by Gasteiger charge is -2.14. The van der Waals surface area contributed by atoms with Gasteiger partial charge in [-0.3, -0.25) is 4.57 Å². The first-order chi connectivity index (χ1) is 7.11. The maximum atomic E-state index is 6.02. The number of hydrogen-bond acceptors (Lipinski definition) is 2. The number of methoxy groups -OCH3 is 1. The molecule has 0 aliphatic rings. The molecule has 15 heavy (non-hydrogen) atoms. The number of aryl methyl sites for hydroxylation is 1. The number of ether oxygens (including phenoxy) is 1. The third-order valence-electron chi connectivity index (χ3n) is 2.36. The zero-order chi connectivity index (χ0) is 11.4. The number of rotatable bonds is 5. The van der Waals surface area contributed by atoms with Crippen molar-refractivity contribution in [2.24, 2.45) is 0 Å². The van der Waals surface area contributed by atoms with Crippen molar-refractivity contribution in [3.63, 3.8) is 0 Å². The topological polar surface area (TPSA) is 27.1 Å². The van der Waals surface area contributed by atoms with Gasteiger partial charge in [0.25, 0.3) is 0 Å². The van der Waals surface area contributed by atoms with Gasteiger partial charge in [-0.2, -0.15) is 0 Å². The van der Waals surface area contributed by atoms with E-state index >= 15 is 0 Å². The van der Waals surface area contributed by atoms with Crippen LogP contribution < -0.4 is 4.74 Å². The van der Waals surface area contributed by atoms with Gasteiger partial charge in [0, 0.05) is 12.5 Å². The van der Waals surface area contributed by atoms with Gasteiger partial charge < -0.3 is 4.74 Å². The number of nitrogens with zero attached hydrogens (tertiary/aromatic N) is 2. The van der Waals surface area contributed by atoms with E-state index in [9.17, 15) is 0 Å². The standard InChI is InChI=1S/C11H19ClN2O/c1-5-6-7-9-13-10(12)11(15-4)14(9)8(2)3/h8H,5-7H2,1-4H3. The molecule has 0 radical (unpaired) electrons. The van der Waals surface area contributed by atoms with Crippen LogP contribution in [0.2, 0.25) is 5.15 Å². The van der Waals surface area contributed by atoms with Gasteiger partial charge in [0.2, 0.25) is 5.88 Å². The van der Waals surface area contributed by atoms with Gasteiger partial charge in [0.05, 0.1) is 7.11 Å². The van der Waals surface area contributed by atoms with Gasteiger partial charge in [-0.1, -0.05) is 24.9 Å². The van der Waals surface area contributed by atoms with Crippen molar-refractivity contribution in [2.45, 2.75) is 46.1 Å². The van der Waals surface area contributed by atoms with Gasteiger partial charge in [0.15, 0.2) is 5.15 Å². The fraction of sp³-hybridized carbons (Fsp3) is 0.727. The Balaban J connectivity index is 3.03. The Morgan fingerprint density at radius 1 is 1.47 bits per heavy atom. The molecule has 0 atom stereocenters. The molecule has 0 aliphatic heterocycles. The van der Waals surface area contributed by atoms with E-state index in [0.717, 1.165) is 25.1 Å². The first kappa shape index (κ1) is 12.4. The monoisotopic (exact) mass is 230 g/mol. The van der Waals surface area contributed by atoms with E-state index in [2.05, 4.69) is 30.3 Å². The average molecular weight is 231 g/mol. The van der Waals surface area contributed by atoms with Crippen LogP contribution in [0.4, 0.5) is 0 Å². The lowest BCUT2D eigenvalue weighted by atomic mass is 10.2. The SMILES string of the molecule is CCCCc1nc(Cl)c(OC)n1C(C)C. The van der Waals surface area contributed by atoms with Crippen LogP contribution in [-0.2, 0) is 6.42 Å². The zero-order valence-electron chi connectivity index (χ0n) is 9.88. The Labute approximate surface area is 96.4 Å². The van der Waals surface area contributed by atoms with Crippen LogP contribution in [0.3, 0.4) is 0 Å². The Bertz CT molecular complexity index is 321. The summed E-state index contributed by atoms with van der Waals surface area (Å²) in [6, 6.07) is 0.326. The van der Waals surface area contributed by atoms with Crippen LogP contribution in [0.5, 0.6) is 5.88 Å². The molecule has 1 aromatic rings. The molecule has 0 unspecified atom stereocenters. The van der Waals surface area contributed by atoms with Crippen LogP contribution >= 0.6 is 11.6 Å². The van der Waals surface area contributed by atoms with Crippen LogP contribution in [0.25, 0.3) is 0 Å². The molecule has 0 amide bonds. The van der Waals surface area contributed by atoms with Crippen LogP contribution in [0.15, 0.2) is 0 Å². The highest BCUT2D eigenvalue weighted by molar-refractivity contribution is 6.30. The van der Waals surface area contributed by atoms with Gasteiger partial charge >= 0.3 is 0 Å². The summed E-state index contributed by atoms with van der Waals surface area (Å²) in [6.07, 6.45) is 3.24. The summed E-state index contributed by atoms with van der Waals surface area (Å²) in [6.45, 7) is 6.38. The quantitative estimate of drug-likeness (QED) is 0.775. The molecule has 0 spiro atoms. The summed E-state index contributed by atoms with van der Waals surface area (Å²) in [7, 11) is 1.63. The lowest BCUT2D eigenvalue weighted by Crippen LogP contribution is -2.08. The highest BCUT2D eigenvalue weighted by Crippen LogP contribution is 2.29. The van der Waals surface area contributed by atoms with Crippen molar-refractivity contribution < 1.29 is 4.74 Å². The average Bonchev–Trinajstić information content (AvgIpc) is 2.51. The molecule has 0 aliphatic carbocycles. The summed E-state index contributed by atoms with van der Waals surface area (Å²) in [5.74, 6) is 1.70. The van der Waals surface area contributed by atoms with E-state index in [1.807, 2.05) is 0 Å². The number of imidazole rings is 1. The molecule has 0 bridgehead atoms. The molecule has 0 saturated carbocycles. The minimum Gasteiger partial charge on any atom is -0.480 e. The predicted octanol–water partition coefficient (Wildman–Crippen LogP) is 3.47. The molecule has 0 fully saturated rings. The lowest BCUT2D eigenvalue weighted by molar-refractivity contribution is 0.357. The normalized spacial score (nSPS) is 11.1. The Morgan fingerprint density at radius 3 is 2.60 bits per heavy atom. The van der Waals surface area contributed by atoms with Crippen molar-refractivity contribution in [3.8, 4) is 5.88 Å². The van der Waals surface area contributed by atoms with E-state index in [4.69, 9.17) is 16.3 Å². The Morgan fingerprint density at radius 2 is 2.13 bits per heavy atom. The molecular weight excluding hydrogens is 212 g/mol. The van der Waals surface area contributed by atoms with Gasteiger partial charge in [-0.15, -0.1) is 0 Å². The largest absolute Gasteiger partial charge is 0.480 e. The predicted molar refractivity (Wildman–Crippen MR) is 62.8 cm³/mol. The molecule has 4 heteroatoms. The smallest absolute Gasteiger partial charge is 0.233 e. The molecule has 86 valence electrons. The van der Waals surface area contributed by atoms with Crippen molar-refractivity contribution >= 4 is 11.6 Å². The first-order valence-corrected chi connectivity index (χ1v) is 5.80. The third-order valence-corrected chi connectivity index (χ3v) is 2.61. The maximum Gasteiger partial charge on any atom is 0.233 e. The molecule has 1 aromatic heterocycles. The van der Waals surface area contributed by atoms with Gasteiger partial charge in [-0.05, 0) is 20.3 Å². The summed E-state index contributed by atoms with van der Waals surface area (Å²) in [4.78, 5) is 4.34. The third kappa shape index (κ3) is 2.65. The molecule has 0 saturated heterocycles. The second kappa shape index (κ2) is 5.40. The second-order valence-electron chi connectivity index (χ2n) is 3.90. The van der Waals surface area contributed by atoms with E-state index < -0.39 is 0 Å². The van der Waals surface area contributed by atoms with Crippen LogP contribution in [-0.4, -0.2) is 16.7 Å². The number of aromatic nitrogens is 2. The van der Waals surface area contributed by atoms with Gasteiger partial charge in [0.1, 0.15) is 5.82 Å². The molecule has 3 nitrogen and oxygen atoms in total. The number of unbranched alkanes of at least 4 members (excludes halogenated alkanes) is 1. The Kier molecular flexibility index (Phi) is 4.45. The van der Waals surface area contributed by atoms with Crippen molar-refractivity contribution in [1.29, 1.82) is 0 Å². The van der Waals surface area contributed by atoms with E-state index in [-0.39, 0.29) is 0 Å². The highest BCUT2D eigenvalue weighted by atomic mass is 35.5.